The molecule has 1 fully saturated rings. The van der Waals surface area contributed by atoms with Gasteiger partial charge in [-0.25, -0.2) is 0 Å². The van der Waals surface area contributed by atoms with Crippen LogP contribution >= 0.6 is 0 Å². The normalized spacial score (nSPS) is 29.4. The van der Waals surface area contributed by atoms with Crippen molar-refractivity contribution in [1.82, 2.24) is 0 Å². The van der Waals surface area contributed by atoms with Gasteiger partial charge < -0.3 is 0 Å². The molecule has 0 radical (unpaired) electrons. The van der Waals surface area contributed by atoms with Crippen LogP contribution in [0.3, 0.4) is 0 Å². The second-order valence-electron chi connectivity index (χ2n) is 13.3. The van der Waals surface area contributed by atoms with Gasteiger partial charge in [-0.3, -0.25) is 0 Å². The lowest BCUT2D eigenvalue weighted by Crippen LogP contribution is -2.35. The van der Waals surface area contributed by atoms with Gasteiger partial charge in [-0.1, -0.05) is 106 Å². The largest absolute Gasteiger partial charge is 0.0819 e. The molecular weight excluding hydrogens is 372 g/mol. The monoisotopic (exact) mass is 430 g/mol. The van der Waals surface area contributed by atoms with E-state index < -0.39 is 0 Å². The van der Waals surface area contributed by atoms with E-state index in [4.69, 9.17) is 0 Å². The predicted molar refractivity (Wildman–Crippen MR) is 140 cm³/mol. The van der Waals surface area contributed by atoms with Crippen LogP contribution in [0.4, 0.5) is 0 Å². The molecule has 4 atom stereocenters. The summed E-state index contributed by atoms with van der Waals surface area (Å²) in [6, 6.07) is 0. The molecule has 0 aromatic carbocycles. The van der Waals surface area contributed by atoms with Crippen LogP contribution in [0.15, 0.2) is 11.6 Å². The Balaban J connectivity index is 2.33. The zero-order valence-corrected chi connectivity index (χ0v) is 23.2. The van der Waals surface area contributed by atoms with Crippen molar-refractivity contribution in [3.05, 3.63) is 11.6 Å². The van der Waals surface area contributed by atoms with E-state index in [9.17, 15) is 0 Å². The molecule has 4 unspecified atom stereocenters. The lowest BCUT2D eigenvalue weighted by atomic mass is 9.62. The second-order valence-corrected chi connectivity index (χ2v) is 13.3. The Labute approximate surface area is 197 Å². The summed E-state index contributed by atoms with van der Waals surface area (Å²) in [6.45, 7) is 25.0. The summed E-state index contributed by atoms with van der Waals surface area (Å²) < 4.78 is 0. The molecule has 0 amide bonds. The van der Waals surface area contributed by atoms with Crippen molar-refractivity contribution in [1.29, 1.82) is 0 Å². The van der Waals surface area contributed by atoms with Gasteiger partial charge >= 0.3 is 0 Å². The van der Waals surface area contributed by atoms with Gasteiger partial charge in [0.15, 0.2) is 0 Å². The third-order valence-electron chi connectivity index (χ3n) is 10.7. The van der Waals surface area contributed by atoms with Crippen molar-refractivity contribution < 1.29 is 0 Å². The number of rotatable bonds is 9. The smallest absolute Gasteiger partial charge is 0.0201 e. The van der Waals surface area contributed by atoms with Crippen LogP contribution in [0.25, 0.3) is 0 Å². The maximum Gasteiger partial charge on any atom is -0.0201 e. The first-order chi connectivity index (χ1) is 14.5. The Bertz CT molecular complexity index is 555. The second kappa shape index (κ2) is 11.2. The fourth-order valence-corrected chi connectivity index (χ4v) is 7.03. The molecule has 0 heterocycles. The first-order valence-electron chi connectivity index (χ1n) is 14.1. The fraction of sp³-hybridized carbons (Fsp3) is 0.935. The molecule has 182 valence electrons. The zero-order valence-electron chi connectivity index (χ0n) is 23.2. The molecule has 0 bridgehead atoms. The molecule has 0 aliphatic heterocycles. The lowest BCUT2D eigenvalue weighted by molar-refractivity contribution is 0.0638. The predicted octanol–water partition coefficient (Wildman–Crippen LogP) is 10.3. The third-order valence-corrected chi connectivity index (χ3v) is 10.7. The quantitative estimate of drug-likeness (QED) is 0.319. The summed E-state index contributed by atoms with van der Waals surface area (Å²) in [5.41, 5.74) is 2.72. The van der Waals surface area contributed by atoms with Gasteiger partial charge in [0.2, 0.25) is 0 Å². The highest BCUT2D eigenvalue weighted by Crippen LogP contribution is 2.50. The van der Waals surface area contributed by atoms with Crippen LogP contribution in [-0.4, -0.2) is 0 Å². The molecule has 0 N–H and O–H groups in total. The summed E-state index contributed by atoms with van der Waals surface area (Å²) in [4.78, 5) is 0. The molecule has 2 aliphatic rings. The number of hydrogen-bond donors (Lipinski definition) is 0. The standard InChI is InChI=1S/C31H58/c1-11-31(12-2,20-26-14-13-15-26)21-27-16-17-29(30(9,10)23(5)6)25(8)19-28(22(3)4)18-24(27)7/h18,22-23,25-29H,11-17,19-21H2,1-10H3. The molecule has 0 nitrogen and oxygen atoms in total. The molecule has 0 saturated heterocycles. The molecule has 0 aromatic rings. The van der Waals surface area contributed by atoms with Crippen LogP contribution < -0.4 is 0 Å². The minimum Gasteiger partial charge on any atom is -0.0819 e. The van der Waals surface area contributed by atoms with Gasteiger partial charge in [0.25, 0.3) is 0 Å². The van der Waals surface area contributed by atoms with Gasteiger partial charge in [-0.05, 0) is 91.3 Å². The highest BCUT2D eigenvalue weighted by molar-refractivity contribution is 5.10. The van der Waals surface area contributed by atoms with Crippen molar-refractivity contribution in [3.63, 3.8) is 0 Å². The van der Waals surface area contributed by atoms with Gasteiger partial charge in [-0.2, -0.15) is 0 Å². The van der Waals surface area contributed by atoms with Crippen molar-refractivity contribution in [2.24, 2.45) is 52.3 Å². The van der Waals surface area contributed by atoms with Gasteiger partial charge in [0, 0.05) is 0 Å². The first-order valence-corrected chi connectivity index (χ1v) is 14.1. The van der Waals surface area contributed by atoms with E-state index in [2.05, 4.69) is 75.3 Å². The van der Waals surface area contributed by atoms with E-state index in [1.165, 1.54) is 64.2 Å². The van der Waals surface area contributed by atoms with E-state index in [1.54, 1.807) is 5.57 Å². The zero-order chi connectivity index (χ0) is 23.4. The summed E-state index contributed by atoms with van der Waals surface area (Å²) in [6.07, 6.45) is 17.1. The summed E-state index contributed by atoms with van der Waals surface area (Å²) in [5.74, 6) is 5.69. The Morgan fingerprint density at radius 3 is 2.00 bits per heavy atom. The molecule has 0 spiro atoms. The molecular formula is C31H58. The average molecular weight is 431 g/mol. The molecule has 0 aromatic heterocycles. The third kappa shape index (κ3) is 6.63. The van der Waals surface area contributed by atoms with Gasteiger partial charge in [0.05, 0.1) is 0 Å². The van der Waals surface area contributed by atoms with Crippen LogP contribution in [0.2, 0.25) is 0 Å². The molecule has 31 heavy (non-hydrogen) atoms. The summed E-state index contributed by atoms with van der Waals surface area (Å²) >= 11 is 0. The average Bonchev–Trinajstić information content (AvgIpc) is 2.72. The Morgan fingerprint density at radius 1 is 0.935 bits per heavy atom. The van der Waals surface area contributed by atoms with Crippen LogP contribution in [0, 0.1) is 52.3 Å². The molecule has 2 aliphatic carbocycles. The van der Waals surface area contributed by atoms with Crippen molar-refractivity contribution in [3.8, 4) is 0 Å². The Hall–Kier alpha value is -0.260. The first kappa shape index (κ1) is 27.0. The minimum absolute atomic E-state index is 0.419. The minimum atomic E-state index is 0.419. The Morgan fingerprint density at radius 2 is 1.55 bits per heavy atom. The van der Waals surface area contributed by atoms with Gasteiger partial charge in [-0.15, -0.1) is 0 Å². The topological polar surface area (TPSA) is 0 Å². The van der Waals surface area contributed by atoms with E-state index >= 15 is 0 Å². The summed E-state index contributed by atoms with van der Waals surface area (Å²) in [5, 5.41) is 0. The van der Waals surface area contributed by atoms with E-state index in [1.807, 2.05) is 0 Å². The van der Waals surface area contributed by atoms with Crippen LogP contribution in [0.1, 0.15) is 133 Å². The summed E-state index contributed by atoms with van der Waals surface area (Å²) in [7, 11) is 0. The SMILES string of the molecule is CCC(CC)(CC1CCC1)CC1CCC(C(C)(C)C(C)C)C(C)CC(C(C)C)C=C1C. The van der Waals surface area contributed by atoms with Gasteiger partial charge in [0.1, 0.15) is 0 Å². The fourth-order valence-electron chi connectivity index (χ4n) is 7.03. The maximum absolute atomic E-state index is 2.75. The Kier molecular flexibility index (Phi) is 9.79. The maximum atomic E-state index is 2.75. The number of hydrogen-bond acceptors (Lipinski definition) is 0. The highest BCUT2D eigenvalue weighted by atomic mass is 14.4. The van der Waals surface area contributed by atoms with E-state index in [0.29, 0.717) is 10.8 Å². The lowest BCUT2D eigenvalue weighted by Gasteiger charge is -2.44. The van der Waals surface area contributed by atoms with Crippen LogP contribution in [-0.2, 0) is 0 Å². The number of allylic oxidation sites excluding steroid dienone is 2. The van der Waals surface area contributed by atoms with Crippen molar-refractivity contribution in [2.45, 2.75) is 133 Å². The molecule has 1 saturated carbocycles. The van der Waals surface area contributed by atoms with Crippen molar-refractivity contribution >= 4 is 0 Å². The van der Waals surface area contributed by atoms with E-state index in [-0.39, 0.29) is 0 Å². The van der Waals surface area contributed by atoms with E-state index in [0.717, 1.165) is 41.4 Å². The molecule has 0 heteroatoms. The molecule has 2 rings (SSSR count). The van der Waals surface area contributed by atoms with Crippen molar-refractivity contribution in [2.75, 3.05) is 0 Å². The highest BCUT2D eigenvalue weighted by Gasteiger charge is 2.40. The van der Waals surface area contributed by atoms with Crippen LogP contribution in [0.5, 0.6) is 0 Å².